The molecule has 2 aliphatic heterocycles. The van der Waals surface area contributed by atoms with Crippen molar-refractivity contribution in [2.75, 3.05) is 34.8 Å². The molecule has 174 valence electrons. The van der Waals surface area contributed by atoms with Crippen LogP contribution >= 0.6 is 0 Å². The summed E-state index contributed by atoms with van der Waals surface area (Å²) in [6, 6.07) is 12.9. The number of nitrogens with zero attached hydrogens (tertiary/aromatic N) is 4. The molecule has 5 rings (SSSR count). The van der Waals surface area contributed by atoms with Crippen LogP contribution in [0.15, 0.2) is 60.9 Å². The van der Waals surface area contributed by atoms with Gasteiger partial charge >= 0.3 is 0 Å². The zero-order chi connectivity index (χ0) is 23.5. The molecule has 0 spiro atoms. The summed E-state index contributed by atoms with van der Waals surface area (Å²) in [5, 5.41) is 2.95. The fourth-order valence-corrected chi connectivity index (χ4v) is 4.77. The van der Waals surface area contributed by atoms with E-state index in [0.717, 1.165) is 50.0 Å². The molecule has 2 aliphatic rings. The van der Waals surface area contributed by atoms with Crippen molar-refractivity contribution in [3.63, 3.8) is 0 Å². The average Bonchev–Trinajstić information content (AvgIpc) is 2.89. The second-order valence-electron chi connectivity index (χ2n) is 8.67. The van der Waals surface area contributed by atoms with Gasteiger partial charge in [0.2, 0.25) is 11.9 Å². The molecule has 34 heavy (non-hydrogen) atoms. The molecule has 3 aromatic rings. The number of aromatic nitrogens is 2. The molecular formula is C26H26FN5O2. The Bertz CT molecular complexity index is 1180. The Hall–Kier alpha value is -3.81. The first-order valence-electron chi connectivity index (χ1n) is 11.6. The molecule has 0 radical (unpaired) electrons. The molecule has 0 saturated carbocycles. The van der Waals surface area contributed by atoms with E-state index in [1.165, 1.54) is 24.3 Å². The van der Waals surface area contributed by atoms with E-state index in [-0.39, 0.29) is 23.5 Å². The van der Waals surface area contributed by atoms with Crippen LogP contribution in [-0.4, -0.2) is 41.4 Å². The Morgan fingerprint density at radius 2 is 1.68 bits per heavy atom. The first kappa shape index (κ1) is 22.0. The predicted octanol–water partition coefficient (Wildman–Crippen LogP) is 4.06. The minimum Gasteiger partial charge on any atom is -0.341 e. The highest BCUT2D eigenvalue weighted by Crippen LogP contribution is 2.35. The fraction of sp³-hybridized carbons (Fsp3) is 0.308. The van der Waals surface area contributed by atoms with Crippen molar-refractivity contribution in [2.45, 2.75) is 25.7 Å². The smallest absolute Gasteiger partial charge is 0.255 e. The van der Waals surface area contributed by atoms with Gasteiger partial charge in [0.05, 0.1) is 0 Å². The molecule has 0 unspecified atom stereocenters. The maximum Gasteiger partial charge on any atom is 0.255 e. The van der Waals surface area contributed by atoms with Crippen LogP contribution in [0, 0.1) is 11.7 Å². The number of carbonyl (C=O) groups excluding carboxylic acids is 2. The van der Waals surface area contributed by atoms with Crippen molar-refractivity contribution in [2.24, 2.45) is 5.92 Å². The molecule has 1 aromatic heterocycles. The van der Waals surface area contributed by atoms with E-state index in [9.17, 15) is 14.0 Å². The largest absolute Gasteiger partial charge is 0.341 e. The Morgan fingerprint density at radius 3 is 2.41 bits per heavy atom. The normalized spacial score (nSPS) is 16.1. The Balaban J connectivity index is 1.30. The van der Waals surface area contributed by atoms with Crippen LogP contribution in [-0.2, 0) is 11.2 Å². The highest BCUT2D eigenvalue weighted by Gasteiger charge is 2.32. The quantitative estimate of drug-likeness (QED) is 0.637. The van der Waals surface area contributed by atoms with Crippen molar-refractivity contribution in [1.82, 2.24) is 9.97 Å². The second-order valence-corrected chi connectivity index (χ2v) is 8.67. The minimum atomic E-state index is -0.384. The van der Waals surface area contributed by atoms with Gasteiger partial charge in [0.25, 0.3) is 5.91 Å². The highest BCUT2D eigenvalue weighted by molar-refractivity contribution is 6.05. The van der Waals surface area contributed by atoms with Gasteiger partial charge in [-0.05, 0) is 73.7 Å². The van der Waals surface area contributed by atoms with E-state index in [1.807, 2.05) is 23.1 Å². The standard InChI is InChI=1S/C26H26FN5O2/c27-20-9-7-18(8-10-20)24(33)30-22-5-1-6-23-21(22)4-2-15-32(23)25(34)19-11-16-31(17-12-19)26-28-13-3-14-29-26/h1,3,5-10,13-14,19H,2,4,11-12,15-17H2,(H,30,33). The van der Waals surface area contributed by atoms with Crippen molar-refractivity contribution < 1.29 is 14.0 Å². The van der Waals surface area contributed by atoms with Gasteiger partial charge in [-0.2, -0.15) is 0 Å². The molecule has 0 aliphatic carbocycles. The van der Waals surface area contributed by atoms with Gasteiger partial charge in [0, 0.05) is 54.9 Å². The maximum atomic E-state index is 13.5. The topological polar surface area (TPSA) is 78.4 Å². The summed E-state index contributed by atoms with van der Waals surface area (Å²) in [4.78, 5) is 38.8. The predicted molar refractivity (Wildman–Crippen MR) is 128 cm³/mol. The molecule has 1 fully saturated rings. The van der Waals surface area contributed by atoms with Crippen LogP contribution in [0.5, 0.6) is 0 Å². The fourth-order valence-electron chi connectivity index (χ4n) is 4.77. The minimum absolute atomic E-state index is 0.0524. The zero-order valence-corrected chi connectivity index (χ0v) is 18.8. The number of piperidine rings is 1. The van der Waals surface area contributed by atoms with E-state index < -0.39 is 0 Å². The number of fused-ring (bicyclic) bond motifs is 1. The van der Waals surface area contributed by atoms with Gasteiger partial charge in [-0.15, -0.1) is 0 Å². The molecular weight excluding hydrogens is 433 g/mol. The van der Waals surface area contributed by atoms with Crippen LogP contribution in [0.1, 0.15) is 35.2 Å². The number of hydrogen-bond acceptors (Lipinski definition) is 5. The molecule has 7 nitrogen and oxygen atoms in total. The third kappa shape index (κ3) is 4.48. The number of amides is 2. The highest BCUT2D eigenvalue weighted by atomic mass is 19.1. The van der Waals surface area contributed by atoms with Gasteiger partial charge in [-0.25, -0.2) is 14.4 Å². The summed E-state index contributed by atoms with van der Waals surface area (Å²) in [6.45, 7) is 2.16. The van der Waals surface area contributed by atoms with Crippen LogP contribution in [0.4, 0.5) is 21.7 Å². The summed E-state index contributed by atoms with van der Waals surface area (Å²) >= 11 is 0. The Kier molecular flexibility index (Phi) is 6.20. The van der Waals surface area contributed by atoms with Gasteiger partial charge in [-0.3, -0.25) is 9.59 Å². The molecule has 3 heterocycles. The van der Waals surface area contributed by atoms with Crippen LogP contribution < -0.4 is 15.1 Å². The SMILES string of the molecule is O=C(Nc1cccc2c1CCCN2C(=O)C1CCN(c2ncccn2)CC1)c1ccc(F)cc1. The lowest BCUT2D eigenvalue weighted by Gasteiger charge is -2.36. The lowest BCUT2D eigenvalue weighted by Crippen LogP contribution is -2.45. The summed E-state index contributed by atoms with van der Waals surface area (Å²) in [7, 11) is 0. The Labute approximate surface area is 197 Å². The molecule has 1 saturated heterocycles. The second kappa shape index (κ2) is 9.59. The third-order valence-corrected chi connectivity index (χ3v) is 6.55. The maximum absolute atomic E-state index is 13.5. The monoisotopic (exact) mass is 459 g/mol. The van der Waals surface area contributed by atoms with E-state index in [1.54, 1.807) is 18.5 Å². The average molecular weight is 460 g/mol. The van der Waals surface area contributed by atoms with Crippen LogP contribution in [0.3, 0.4) is 0 Å². The first-order valence-corrected chi connectivity index (χ1v) is 11.6. The molecule has 1 N–H and O–H groups in total. The summed E-state index contributed by atoms with van der Waals surface area (Å²) in [5.74, 6) is 0.107. The van der Waals surface area contributed by atoms with Gasteiger partial charge in [0.1, 0.15) is 5.82 Å². The van der Waals surface area contributed by atoms with Gasteiger partial charge in [0.15, 0.2) is 0 Å². The van der Waals surface area contributed by atoms with E-state index >= 15 is 0 Å². The molecule has 2 amide bonds. The van der Waals surface area contributed by atoms with Crippen LogP contribution in [0.2, 0.25) is 0 Å². The lowest BCUT2D eigenvalue weighted by atomic mass is 9.92. The van der Waals surface area contributed by atoms with Crippen molar-refractivity contribution in [3.8, 4) is 0 Å². The molecule has 8 heteroatoms. The summed E-state index contributed by atoms with van der Waals surface area (Å²) in [5.41, 5.74) is 2.91. The molecule has 0 bridgehead atoms. The Morgan fingerprint density at radius 1 is 0.941 bits per heavy atom. The zero-order valence-electron chi connectivity index (χ0n) is 18.8. The van der Waals surface area contributed by atoms with Crippen molar-refractivity contribution in [3.05, 3.63) is 77.9 Å². The van der Waals surface area contributed by atoms with Crippen LogP contribution in [0.25, 0.3) is 0 Å². The van der Waals surface area contributed by atoms with E-state index in [0.29, 0.717) is 23.7 Å². The van der Waals surface area contributed by atoms with E-state index in [4.69, 9.17) is 0 Å². The first-order chi connectivity index (χ1) is 16.6. The van der Waals surface area contributed by atoms with E-state index in [2.05, 4.69) is 20.2 Å². The van der Waals surface area contributed by atoms with Crippen molar-refractivity contribution in [1.29, 1.82) is 0 Å². The molecule has 2 aromatic carbocycles. The number of nitrogens with one attached hydrogen (secondary N) is 1. The number of halogens is 1. The summed E-state index contributed by atoms with van der Waals surface area (Å²) in [6.07, 6.45) is 6.59. The lowest BCUT2D eigenvalue weighted by molar-refractivity contribution is -0.123. The number of rotatable bonds is 4. The summed E-state index contributed by atoms with van der Waals surface area (Å²) < 4.78 is 13.2. The van der Waals surface area contributed by atoms with Gasteiger partial charge < -0.3 is 15.1 Å². The number of carbonyl (C=O) groups is 2. The number of benzene rings is 2. The van der Waals surface area contributed by atoms with Gasteiger partial charge in [-0.1, -0.05) is 6.07 Å². The molecule has 0 atom stereocenters. The van der Waals surface area contributed by atoms with Crippen molar-refractivity contribution >= 4 is 29.1 Å². The number of hydrogen-bond donors (Lipinski definition) is 1. The number of anilines is 3. The third-order valence-electron chi connectivity index (χ3n) is 6.55.